The SMILES string of the molecule is C[C@@H]1CCCC[C@@H]1NC(=O)COC(=O)CCc1nc2ccccc2c(=O)[nH]1. The van der Waals surface area contributed by atoms with E-state index in [1.54, 1.807) is 24.3 Å². The molecule has 1 aliphatic rings. The molecule has 1 heterocycles. The first-order valence-corrected chi connectivity index (χ1v) is 9.46. The summed E-state index contributed by atoms with van der Waals surface area (Å²) < 4.78 is 5.05. The van der Waals surface area contributed by atoms with Crippen LogP contribution in [-0.4, -0.2) is 34.5 Å². The number of aromatic nitrogens is 2. The zero-order valence-electron chi connectivity index (χ0n) is 15.5. The molecule has 0 unspecified atom stereocenters. The highest BCUT2D eigenvalue weighted by Gasteiger charge is 2.23. The van der Waals surface area contributed by atoms with Crippen molar-refractivity contribution in [3.63, 3.8) is 0 Å². The second-order valence-corrected chi connectivity index (χ2v) is 7.13. The highest BCUT2D eigenvalue weighted by molar-refractivity contribution is 5.81. The van der Waals surface area contributed by atoms with E-state index < -0.39 is 5.97 Å². The summed E-state index contributed by atoms with van der Waals surface area (Å²) in [6, 6.07) is 7.19. The van der Waals surface area contributed by atoms with Gasteiger partial charge in [0.15, 0.2) is 6.61 Å². The summed E-state index contributed by atoms with van der Waals surface area (Å²) in [6.07, 6.45) is 4.71. The second kappa shape index (κ2) is 8.79. The van der Waals surface area contributed by atoms with Crippen LogP contribution in [0.3, 0.4) is 0 Å². The van der Waals surface area contributed by atoms with E-state index in [4.69, 9.17) is 4.74 Å². The van der Waals surface area contributed by atoms with E-state index in [1.165, 1.54) is 6.42 Å². The van der Waals surface area contributed by atoms with Crippen molar-refractivity contribution in [2.24, 2.45) is 5.92 Å². The third kappa shape index (κ3) is 5.15. The molecular formula is C20H25N3O4. The molecule has 144 valence electrons. The van der Waals surface area contributed by atoms with Crippen LogP contribution in [0.1, 0.15) is 44.9 Å². The Morgan fingerprint density at radius 3 is 2.85 bits per heavy atom. The summed E-state index contributed by atoms with van der Waals surface area (Å²) >= 11 is 0. The number of rotatable bonds is 6. The Kier molecular flexibility index (Phi) is 6.21. The van der Waals surface area contributed by atoms with Gasteiger partial charge in [0.1, 0.15) is 5.82 Å². The molecule has 1 amide bonds. The number of carbonyl (C=O) groups excluding carboxylic acids is 2. The Balaban J connectivity index is 1.45. The minimum atomic E-state index is -0.488. The molecule has 1 saturated carbocycles. The molecule has 7 nitrogen and oxygen atoms in total. The number of para-hydroxylation sites is 1. The van der Waals surface area contributed by atoms with E-state index >= 15 is 0 Å². The van der Waals surface area contributed by atoms with E-state index in [2.05, 4.69) is 22.2 Å². The van der Waals surface area contributed by atoms with E-state index in [1.807, 2.05) is 0 Å². The van der Waals surface area contributed by atoms with E-state index in [9.17, 15) is 14.4 Å². The van der Waals surface area contributed by atoms with Crippen molar-refractivity contribution in [2.45, 2.75) is 51.5 Å². The van der Waals surface area contributed by atoms with Gasteiger partial charge < -0.3 is 15.0 Å². The minimum Gasteiger partial charge on any atom is -0.456 e. The van der Waals surface area contributed by atoms with Crippen LogP contribution in [0.15, 0.2) is 29.1 Å². The van der Waals surface area contributed by atoms with Crippen molar-refractivity contribution in [1.29, 1.82) is 0 Å². The molecule has 1 aromatic carbocycles. The summed E-state index contributed by atoms with van der Waals surface area (Å²) in [5.74, 6) is 0.127. The number of esters is 1. The number of aromatic amines is 1. The lowest BCUT2D eigenvalue weighted by molar-refractivity contribution is -0.148. The third-order valence-electron chi connectivity index (χ3n) is 5.05. The highest BCUT2D eigenvalue weighted by Crippen LogP contribution is 2.23. The van der Waals surface area contributed by atoms with Crippen molar-refractivity contribution >= 4 is 22.8 Å². The lowest BCUT2D eigenvalue weighted by Gasteiger charge is -2.29. The lowest BCUT2D eigenvalue weighted by Crippen LogP contribution is -2.42. The second-order valence-electron chi connectivity index (χ2n) is 7.13. The molecule has 2 aromatic rings. The average Bonchev–Trinajstić information content (AvgIpc) is 2.66. The Morgan fingerprint density at radius 2 is 2.04 bits per heavy atom. The number of ether oxygens (including phenoxy) is 1. The van der Waals surface area contributed by atoms with Crippen LogP contribution >= 0.6 is 0 Å². The molecule has 0 bridgehead atoms. The lowest BCUT2D eigenvalue weighted by atomic mass is 9.86. The van der Waals surface area contributed by atoms with Gasteiger partial charge in [0.25, 0.3) is 11.5 Å². The fraction of sp³-hybridized carbons (Fsp3) is 0.500. The summed E-state index contributed by atoms with van der Waals surface area (Å²) in [5, 5.41) is 3.46. The van der Waals surface area contributed by atoms with Crippen molar-refractivity contribution in [1.82, 2.24) is 15.3 Å². The number of aryl methyl sites for hydroxylation is 1. The van der Waals surface area contributed by atoms with Crippen LogP contribution < -0.4 is 10.9 Å². The zero-order chi connectivity index (χ0) is 19.2. The van der Waals surface area contributed by atoms with E-state index in [0.29, 0.717) is 22.6 Å². The molecule has 0 spiro atoms. The summed E-state index contributed by atoms with van der Waals surface area (Å²) in [4.78, 5) is 42.9. The average molecular weight is 371 g/mol. The van der Waals surface area contributed by atoms with Gasteiger partial charge in [0.05, 0.1) is 17.3 Å². The van der Waals surface area contributed by atoms with Crippen LogP contribution in [0, 0.1) is 5.92 Å². The maximum atomic E-state index is 12.0. The zero-order valence-corrected chi connectivity index (χ0v) is 15.5. The Morgan fingerprint density at radius 1 is 1.26 bits per heavy atom. The minimum absolute atomic E-state index is 0.0500. The van der Waals surface area contributed by atoms with Crippen molar-refractivity contribution in [3.8, 4) is 0 Å². The molecule has 1 fully saturated rings. The fourth-order valence-corrected chi connectivity index (χ4v) is 3.47. The van der Waals surface area contributed by atoms with Gasteiger partial charge in [0, 0.05) is 12.5 Å². The first-order valence-electron chi connectivity index (χ1n) is 9.46. The van der Waals surface area contributed by atoms with Crippen molar-refractivity contribution in [3.05, 3.63) is 40.4 Å². The van der Waals surface area contributed by atoms with Gasteiger partial charge in [-0.3, -0.25) is 14.4 Å². The first-order chi connectivity index (χ1) is 13.0. The van der Waals surface area contributed by atoms with Crippen LogP contribution in [-0.2, 0) is 20.7 Å². The van der Waals surface area contributed by atoms with Crippen LogP contribution in [0.4, 0.5) is 0 Å². The van der Waals surface area contributed by atoms with Gasteiger partial charge in [-0.25, -0.2) is 4.98 Å². The molecule has 27 heavy (non-hydrogen) atoms. The Labute approximate surface area is 157 Å². The number of benzene rings is 1. The van der Waals surface area contributed by atoms with Gasteiger partial charge in [-0.1, -0.05) is 31.9 Å². The molecule has 2 N–H and O–H groups in total. The fourth-order valence-electron chi connectivity index (χ4n) is 3.47. The largest absolute Gasteiger partial charge is 0.456 e. The number of nitrogens with one attached hydrogen (secondary N) is 2. The maximum absolute atomic E-state index is 12.0. The van der Waals surface area contributed by atoms with E-state index in [-0.39, 0.29) is 37.0 Å². The van der Waals surface area contributed by atoms with Gasteiger partial charge in [0.2, 0.25) is 0 Å². The van der Waals surface area contributed by atoms with Crippen LogP contribution in [0.2, 0.25) is 0 Å². The quantitative estimate of drug-likeness (QED) is 0.757. The standard InChI is InChI=1S/C20H25N3O4/c1-13-6-2-4-8-15(13)22-18(24)12-27-19(25)11-10-17-21-16-9-5-3-7-14(16)20(26)23-17/h3,5,7,9,13,15H,2,4,6,8,10-12H2,1H3,(H,22,24)(H,21,23,26)/t13-,15+/m1/s1. The summed E-state index contributed by atoms with van der Waals surface area (Å²) in [6.45, 7) is 1.86. The topological polar surface area (TPSA) is 101 Å². The molecule has 0 saturated heterocycles. The number of carbonyl (C=O) groups is 2. The number of amides is 1. The number of hydrogen-bond acceptors (Lipinski definition) is 5. The normalized spacial score (nSPS) is 19.6. The summed E-state index contributed by atoms with van der Waals surface area (Å²) in [5.41, 5.74) is 0.357. The molecule has 0 radical (unpaired) electrons. The van der Waals surface area contributed by atoms with Gasteiger partial charge in [-0.15, -0.1) is 0 Å². The van der Waals surface area contributed by atoms with Crippen LogP contribution in [0.25, 0.3) is 10.9 Å². The number of hydrogen-bond donors (Lipinski definition) is 2. The molecular weight excluding hydrogens is 346 g/mol. The number of nitrogens with zero attached hydrogens (tertiary/aromatic N) is 1. The van der Waals surface area contributed by atoms with Crippen molar-refractivity contribution in [2.75, 3.05) is 6.61 Å². The molecule has 0 aliphatic heterocycles. The predicted octanol–water partition coefficient (Wildman–Crippen LogP) is 2.09. The van der Waals surface area contributed by atoms with E-state index in [0.717, 1.165) is 19.3 Å². The van der Waals surface area contributed by atoms with Crippen molar-refractivity contribution < 1.29 is 14.3 Å². The molecule has 1 aromatic heterocycles. The smallest absolute Gasteiger partial charge is 0.306 e. The summed E-state index contributed by atoms with van der Waals surface area (Å²) in [7, 11) is 0. The monoisotopic (exact) mass is 371 g/mol. The third-order valence-corrected chi connectivity index (χ3v) is 5.05. The Bertz CT molecular complexity index is 877. The van der Waals surface area contributed by atoms with Gasteiger partial charge in [-0.2, -0.15) is 0 Å². The molecule has 2 atom stereocenters. The van der Waals surface area contributed by atoms with Gasteiger partial charge in [-0.05, 0) is 30.9 Å². The highest BCUT2D eigenvalue weighted by atomic mass is 16.5. The maximum Gasteiger partial charge on any atom is 0.306 e. The number of H-pyrrole nitrogens is 1. The predicted molar refractivity (Wildman–Crippen MR) is 101 cm³/mol. The van der Waals surface area contributed by atoms with Crippen LogP contribution in [0.5, 0.6) is 0 Å². The van der Waals surface area contributed by atoms with Gasteiger partial charge >= 0.3 is 5.97 Å². The Hall–Kier alpha value is -2.70. The molecule has 1 aliphatic carbocycles. The first kappa shape index (κ1) is 19.1. The molecule has 7 heteroatoms. The molecule has 3 rings (SSSR count). The number of fused-ring (bicyclic) bond motifs is 1.